The first-order valence-electron chi connectivity index (χ1n) is 3.36. The lowest BCUT2D eigenvalue weighted by Crippen LogP contribution is -2.18. The highest BCUT2D eigenvalue weighted by atomic mass is 79.9. The highest BCUT2D eigenvalue weighted by molar-refractivity contribution is 9.10. The fraction of sp³-hybridized carbons (Fsp3) is 0.143. The minimum atomic E-state index is -3.39. The van der Waals surface area contributed by atoms with Crippen molar-refractivity contribution >= 4 is 37.6 Å². The molecule has 3 nitrogen and oxygen atoms in total. The Balaban J connectivity index is 3.27. The summed E-state index contributed by atoms with van der Waals surface area (Å²) in [5.74, 6) is 0. The predicted octanol–water partition coefficient (Wildman–Crippen LogP) is 2.01. The van der Waals surface area contributed by atoms with E-state index in [1.807, 2.05) is 0 Å². The molecule has 72 valence electrons. The second kappa shape index (κ2) is 3.96. The first-order valence-corrected chi connectivity index (χ1v) is 6.01. The van der Waals surface area contributed by atoms with Crippen LogP contribution in [0.5, 0.6) is 0 Å². The zero-order valence-corrected chi connectivity index (χ0v) is 9.87. The lowest BCUT2D eigenvalue weighted by molar-refractivity contribution is 0.588. The molecule has 0 aliphatic heterocycles. The van der Waals surface area contributed by atoms with Gasteiger partial charge in [-0.2, -0.15) is 0 Å². The summed E-state index contributed by atoms with van der Waals surface area (Å²) in [4.78, 5) is 0.156. The van der Waals surface area contributed by atoms with E-state index in [4.69, 9.17) is 11.6 Å². The van der Waals surface area contributed by atoms with E-state index in [-0.39, 0.29) is 4.90 Å². The third-order valence-corrected chi connectivity index (χ3v) is 4.11. The average Bonchev–Trinajstić information content (AvgIpc) is 2.09. The Morgan fingerprint density at radius 3 is 2.54 bits per heavy atom. The summed E-state index contributed by atoms with van der Waals surface area (Å²) in [7, 11) is -2.04. The number of halogens is 2. The largest absolute Gasteiger partial charge is 0.240 e. The number of hydrogen-bond acceptors (Lipinski definition) is 2. The molecule has 1 aromatic rings. The SMILES string of the molecule is CNS(=O)(=O)c1ccc(Br)c(Cl)c1. The fourth-order valence-corrected chi connectivity index (χ4v) is 2.01. The summed E-state index contributed by atoms with van der Waals surface area (Å²) < 4.78 is 25.4. The van der Waals surface area contributed by atoms with Crippen molar-refractivity contribution in [3.63, 3.8) is 0 Å². The van der Waals surface area contributed by atoms with Crippen LogP contribution in [0.15, 0.2) is 27.6 Å². The van der Waals surface area contributed by atoms with Crippen LogP contribution < -0.4 is 4.72 Å². The van der Waals surface area contributed by atoms with Crippen LogP contribution in [0.4, 0.5) is 0 Å². The Bertz CT molecular complexity index is 419. The monoisotopic (exact) mass is 283 g/mol. The molecule has 0 spiro atoms. The number of hydrogen-bond donors (Lipinski definition) is 1. The third kappa shape index (κ3) is 2.43. The summed E-state index contributed by atoms with van der Waals surface area (Å²) in [6.07, 6.45) is 0. The summed E-state index contributed by atoms with van der Waals surface area (Å²) >= 11 is 8.91. The minimum Gasteiger partial charge on any atom is -0.214 e. The fourth-order valence-electron chi connectivity index (χ4n) is 0.762. The van der Waals surface area contributed by atoms with Crippen LogP contribution in [0.2, 0.25) is 5.02 Å². The molecule has 13 heavy (non-hydrogen) atoms. The number of benzene rings is 1. The van der Waals surface area contributed by atoms with Gasteiger partial charge in [0.2, 0.25) is 10.0 Å². The molecular formula is C7H7BrClNO2S. The predicted molar refractivity (Wildman–Crippen MR) is 55.4 cm³/mol. The molecule has 1 N–H and O–H groups in total. The molecule has 0 radical (unpaired) electrons. The first kappa shape index (κ1) is 11.0. The van der Waals surface area contributed by atoms with Crippen molar-refractivity contribution in [1.29, 1.82) is 0 Å². The molecule has 0 bridgehead atoms. The van der Waals surface area contributed by atoms with Gasteiger partial charge in [-0.15, -0.1) is 0 Å². The van der Waals surface area contributed by atoms with Gasteiger partial charge in [0.1, 0.15) is 0 Å². The molecule has 0 saturated heterocycles. The number of sulfonamides is 1. The van der Waals surface area contributed by atoms with Gasteiger partial charge >= 0.3 is 0 Å². The van der Waals surface area contributed by atoms with Gasteiger partial charge in [0.15, 0.2) is 0 Å². The van der Waals surface area contributed by atoms with E-state index in [1.165, 1.54) is 19.2 Å². The Morgan fingerprint density at radius 2 is 2.08 bits per heavy atom. The molecular weight excluding hydrogens is 278 g/mol. The van der Waals surface area contributed by atoms with E-state index in [9.17, 15) is 8.42 Å². The van der Waals surface area contributed by atoms with Crippen molar-refractivity contribution in [1.82, 2.24) is 4.72 Å². The molecule has 0 heterocycles. The smallest absolute Gasteiger partial charge is 0.214 e. The van der Waals surface area contributed by atoms with Crippen LogP contribution >= 0.6 is 27.5 Å². The van der Waals surface area contributed by atoms with Crippen LogP contribution in [-0.4, -0.2) is 15.5 Å². The molecule has 1 rings (SSSR count). The Labute approximate surface area is 90.3 Å². The summed E-state index contributed by atoms with van der Waals surface area (Å²) in [5.41, 5.74) is 0. The van der Waals surface area contributed by atoms with Gasteiger partial charge in [0.25, 0.3) is 0 Å². The molecule has 0 aliphatic rings. The molecule has 0 atom stereocenters. The zero-order chi connectivity index (χ0) is 10.1. The summed E-state index contributed by atoms with van der Waals surface area (Å²) in [5, 5.41) is 0.372. The topological polar surface area (TPSA) is 46.2 Å². The van der Waals surface area contributed by atoms with Crippen LogP contribution in [0.25, 0.3) is 0 Å². The maximum absolute atomic E-state index is 11.3. The van der Waals surface area contributed by atoms with Crippen LogP contribution in [0.3, 0.4) is 0 Å². The number of rotatable bonds is 2. The van der Waals surface area contributed by atoms with Gasteiger partial charge in [0, 0.05) is 4.47 Å². The molecule has 0 fully saturated rings. The second-order valence-electron chi connectivity index (χ2n) is 2.28. The normalized spacial score (nSPS) is 11.6. The molecule has 6 heteroatoms. The highest BCUT2D eigenvalue weighted by Crippen LogP contribution is 2.24. The minimum absolute atomic E-state index is 0.156. The van der Waals surface area contributed by atoms with Crippen LogP contribution in [-0.2, 0) is 10.0 Å². The standard InChI is InChI=1S/C7H7BrClNO2S/c1-10-13(11,12)5-2-3-6(8)7(9)4-5/h2-4,10H,1H3. The van der Waals surface area contributed by atoms with Crippen LogP contribution in [0.1, 0.15) is 0 Å². The third-order valence-electron chi connectivity index (χ3n) is 1.47. The summed E-state index contributed by atoms with van der Waals surface area (Å²) in [6.45, 7) is 0. The maximum Gasteiger partial charge on any atom is 0.240 e. The second-order valence-corrected chi connectivity index (χ2v) is 5.43. The van der Waals surface area contributed by atoms with E-state index >= 15 is 0 Å². The molecule has 0 saturated carbocycles. The van der Waals surface area contributed by atoms with Gasteiger partial charge < -0.3 is 0 Å². The van der Waals surface area contributed by atoms with E-state index < -0.39 is 10.0 Å². The molecule has 0 unspecified atom stereocenters. The van der Waals surface area contributed by atoms with Crippen molar-refractivity contribution in [3.05, 3.63) is 27.7 Å². The molecule has 0 aliphatic carbocycles. The lowest BCUT2D eigenvalue weighted by Gasteiger charge is -2.03. The Morgan fingerprint density at radius 1 is 1.46 bits per heavy atom. The quantitative estimate of drug-likeness (QED) is 0.903. The average molecular weight is 285 g/mol. The van der Waals surface area contributed by atoms with Gasteiger partial charge in [-0.05, 0) is 41.2 Å². The molecule has 0 aromatic heterocycles. The van der Waals surface area contributed by atoms with Crippen molar-refractivity contribution in [3.8, 4) is 0 Å². The Kier molecular flexibility index (Phi) is 3.34. The number of nitrogens with one attached hydrogen (secondary N) is 1. The van der Waals surface area contributed by atoms with E-state index in [1.54, 1.807) is 6.07 Å². The van der Waals surface area contributed by atoms with Gasteiger partial charge in [-0.1, -0.05) is 11.6 Å². The Hall–Kier alpha value is -0.100. The van der Waals surface area contributed by atoms with Gasteiger partial charge in [-0.25, -0.2) is 13.1 Å². The van der Waals surface area contributed by atoms with Crippen LogP contribution in [0, 0.1) is 0 Å². The van der Waals surface area contributed by atoms with Crippen molar-refractivity contribution in [2.24, 2.45) is 0 Å². The first-order chi connectivity index (χ1) is 5.97. The van der Waals surface area contributed by atoms with E-state index in [0.29, 0.717) is 9.50 Å². The maximum atomic E-state index is 11.3. The van der Waals surface area contributed by atoms with Gasteiger partial charge in [0.05, 0.1) is 9.92 Å². The molecule has 1 aromatic carbocycles. The van der Waals surface area contributed by atoms with Crippen molar-refractivity contribution in [2.45, 2.75) is 4.90 Å². The van der Waals surface area contributed by atoms with Crippen molar-refractivity contribution < 1.29 is 8.42 Å². The summed E-state index contributed by atoms with van der Waals surface area (Å²) in [6, 6.07) is 4.45. The lowest BCUT2D eigenvalue weighted by atomic mass is 10.4. The van der Waals surface area contributed by atoms with E-state index in [0.717, 1.165) is 0 Å². The highest BCUT2D eigenvalue weighted by Gasteiger charge is 2.12. The van der Waals surface area contributed by atoms with Gasteiger partial charge in [-0.3, -0.25) is 0 Å². The van der Waals surface area contributed by atoms with Crippen molar-refractivity contribution in [2.75, 3.05) is 7.05 Å². The molecule has 0 amide bonds. The zero-order valence-electron chi connectivity index (χ0n) is 6.71. The van der Waals surface area contributed by atoms with E-state index in [2.05, 4.69) is 20.7 Å².